The summed E-state index contributed by atoms with van der Waals surface area (Å²) in [5.74, 6) is 0.452. The Morgan fingerprint density at radius 1 is 1.48 bits per heavy atom. The van der Waals surface area contributed by atoms with Crippen LogP contribution in [0.3, 0.4) is 0 Å². The van der Waals surface area contributed by atoms with Gasteiger partial charge in [0.1, 0.15) is 17.9 Å². The second-order valence-electron chi connectivity index (χ2n) is 5.74. The van der Waals surface area contributed by atoms with Gasteiger partial charge in [0.05, 0.1) is 11.6 Å². The molecule has 0 amide bonds. The molecule has 1 N–H and O–H groups in total. The third-order valence-electron chi connectivity index (χ3n) is 4.33. The van der Waals surface area contributed by atoms with Crippen LogP contribution in [0.5, 0.6) is 11.6 Å². The standard InChI is InChI=1S/C17H19BrN2O4.ClH/c1-3-20-9-11(7-14(20)17(21)22)24-16-12-8-13(18)15(23-2)6-10(12)4-5-19-16;/h4-6,8,11,14H,3,7,9H2,1-2H3,(H,21,22);1H/t11-,14+;/m1./s1. The number of pyridine rings is 1. The number of methoxy groups -OCH3 is 1. The molecule has 136 valence electrons. The summed E-state index contributed by atoms with van der Waals surface area (Å²) in [6.45, 7) is 3.23. The highest BCUT2D eigenvalue weighted by molar-refractivity contribution is 9.10. The number of nitrogens with zero attached hydrogens (tertiary/aromatic N) is 2. The summed E-state index contributed by atoms with van der Waals surface area (Å²) in [5, 5.41) is 11.2. The zero-order valence-corrected chi connectivity index (χ0v) is 16.3. The van der Waals surface area contributed by atoms with Crippen molar-refractivity contribution >= 4 is 45.1 Å². The first-order chi connectivity index (χ1) is 11.5. The highest BCUT2D eigenvalue weighted by atomic mass is 79.9. The summed E-state index contributed by atoms with van der Waals surface area (Å²) in [6.07, 6.45) is 1.95. The third-order valence-corrected chi connectivity index (χ3v) is 4.95. The number of aromatic nitrogens is 1. The predicted molar refractivity (Wildman–Crippen MR) is 101 cm³/mol. The van der Waals surface area contributed by atoms with Gasteiger partial charge >= 0.3 is 5.97 Å². The normalized spacial score (nSPS) is 20.3. The van der Waals surface area contributed by atoms with Crippen molar-refractivity contribution in [1.29, 1.82) is 0 Å². The molecule has 2 aromatic rings. The number of hydrogen-bond donors (Lipinski definition) is 1. The molecular weight excluding hydrogens is 412 g/mol. The van der Waals surface area contributed by atoms with Gasteiger partial charge in [0, 0.05) is 24.5 Å². The molecule has 0 unspecified atom stereocenters. The maximum atomic E-state index is 11.4. The molecular formula is C17H20BrClN2O4. The molecule has 25 heavy (non-hydrogen) atoms. The van der Waals surface area contributed by atoms with Gasteiger partial charge in [-0.1, -0.05) is 6.92 Å². The number of benzene rings is 1. The molecule has 0 aliphatic carbocycles. The van der Waals surface area contributed by atoms with E-state index in [0.29, 0.717) is 25.4 Å². The molecule has 1 fully saturated rings. The van der Waals surface area contributed by atoms with Crippen LogP contribution < -0.4 is 9.47 Å². The Balaban J connectivity index is 0.00000225. The average Bonchev–Trinajstić information content (AvgIpc) is 2.98. The Labute approximate surface area is 160 Å². The van der Waals surface area contributed by atoms with Crippen molar-refractivity contribution in [3.63, 3.8) is 0 Å². The summed E-state index contributed by atoms with van der Waals surface area (Å²) in [5.41, 5.74) is 0. The largest absolute Gasteiger partial charge is 0.496 e. The van der Waals surface area contributed by atoms with Crippen molar-refractivity contribution in [3.8, 4) is 11.6 Å². The fourth-order valence-corrected chi connectivity index (χ4v) is 3.61. The molecule has 0 saturated carbocycles. The van der Waals surface area contributed by atoms with Gasteiger partial charge in [0.15, 0.2) is 0 Å². The maximum Gasteiger partial charge on any atom is 0.321 e. The predicted octanol–water partition coefficient (Wildman–Crippen LogP) is 3.35. The summed E-state index contributed by atoms with van der Waals surface area (Å²) < 4.78 is 12.2. The molecule has 0 spiro atoms. The molecule has 1 aliphatic heterocycles. The van der Waals surface area contributed by atoms with Crippen LogP contribution in [0.2, 0.25) is 0 Å². The zero-order chi connectivity index (χ0) is 17.3. The van der Waals surface area contributed by atoms with Crippen molar-refractivity contribution in [1.82, 2.24) is 9.88 Å². The minimum atomic E-state index is -0.804. The lowest BCUT2D eigenvalue weighted by Gasteiger charge is -2.18. The van der Waals surface area contributed by atoms with Crippen LogP contribution in [-0.2, 0) is 4.79 Å². The van der Waals surface area contributed by atoms with Gasteiger partial charge in [-0.3, -0.25) is 9.69 Å². The SMILES string of the molecule is CCN1C[C@H](Oc2nccc3cc(OC)c(Br)cc23)C[C@H]1C(=O)O.Cl. The number of rotatable bonds is 5. The van der Waals surface area contributed by atoms with Gasteiger partial charge in [0.25, 0.3) is 0 Å². The lowest BCUT2D eigenvalue weighted by atomic mass is 10.1. The van der Waals surface area contributed by atoms with Crippen molar-refractivity contribution in [2.45, 2.75) is 25.5 Å². The molecule has 3 rings (SSSR count). The van der Waals surface area contributed by atoms with Crippen LogP contribution in [0, 0.1) is 0 Å². The van der Waals surface area contributed by atoms with Crippen LogP contribution in [0.1, 0.15) is 13.3 Å². The molecule has 1 saturated heterocycles. The van der Waals surface area contributed by atoms with Crippen molar-refractivity contribution in [3.05, 3.63) is 28.9 Å². The Kier molecular flexibility index (Phi) is 6.48. The fourth-order valence-electron chi connectivity index (χ4n) is 3.11. The van der Waals surface area contributed by atoms with E-state index in [2.05, 4.69) is 20.9 Å². The number of halogens is 2. The van der Waals surface area contributed by atoms with Crippen molar-refractivity contribution in [2.24, 2.45) is 0 Å². The minimum Gasteiger partial charge on any atom is -0.496 e. The zero-order valence-electron chi connectivity index (χ0n) is 13.9. The van der Waals surface area contributed by atoms with E-state index >= 15 is 0 Å². The maximum absolute atomic E-state index is 11.4. The molecule has 2 heterocycles. The second kappa shape index (κ2) is 8.21. The first kappa shape index (κ1) is 19.8. The third kappa shape index (κ3) is 3.99. The molecule has 8 heteroatoms. The van der Waals surface area contributed by atoms with E-state index in [1.807, 2.05) is 30.0 Å². The van der Waals surface area contributed by atoms with Gasteiger partial charge in [-0.25, -0.2) is 4.98 Å². The van der Waals surface area contributed by atoms with Crippen molar-refractivity contribution in [2.75, 3.05) is 20.2 Å². The number of likely N-dealkylation sites (N-methyl/N-ethyl adjacent to an activating group) is 1. The molecule has 1 aromatic heterocycles. The second-order valence-corrected chi connectivity index (χ2v) is 6.60. The summed E-state index contributed by atoms with van der Waals surface area (Å²) >= 11 is 3.48. The average molecular weight is 432 g/mol. The summed E-state index contributed by atoms with van der Waals surface area (Å²) in [6, 6.07) is 5.23. The lowest BCUT2D eigenvalue weighted by Crippen LogP contribution is -2.35. The Bertz CT molecular complexity index is 774. The van der Waals surface area contributed by atoms with E-state index in [0.717, 1.165) is 21.0 Å². The number of aliphatic carboxylic acids is 1. The summed E-state index contributed by atoms with van der Waals surface area (Å²) in [4.78, 5) is 17.6. The van der Waals surface area contributed by atoms with Crippen molar-refractivity contribution < 1.29 is 19.4 Å². The quantitative estimate of drug-likeness (QED) is 0.783. The smallest absolute Gasteiger partial charge is 0.321 e. The van der Waals surface area contributed by atoms with E-state index in [1.165, 1.54) is 0 Å². The van der Waals surface area contributed by atoms with Crippen LogP contribution in [0.25, 0.3) is 10.8 Å². The number of carboxylic acid groups (broad SMARTS) is 1. The van der Waals surface area contributed by atoms with E-state index in [9.17, 15) is 9.90 Å². The topological polar surface area (TPSA) is 71.9 Å². The minimum absolute atomic E-state index is 0. The highest BCUT2D eigenvalue weighted by Crippen LogP contribution is 2.34. The van der Waals surface area contributed by atoms with Crippen LogP contribution in [0.15, 0.2) is 28.9 Å². The summed E-state index contributed by atoms with van der Waals surface area (Å²) in [7, 11) is 1.62. The highest BCUT2D eigenvalue weighted by Gasteiger charge is 2.37. The molecule has 0 bridgehead atoms. The monoisotopic (exact) mass is 430 g/mol. The van der Waals surface area contributed by atoms with E-state index in [1.54, 1.807) is 13.3 Å². The number of likely N-dealkylation sites (tertiary alicyclic amines) is 1. The van der Waals surface area contributed by atoms with E-state index < -0.39 is 12.0 Å². The van der Waals surface area contributed by atoms with Crippen LogP contribution in [0.4, 0.5) is 0 Å². The molecule has 6 nitrogen and oxygen atoms in total. The lowest BCUT2D eigenvalue weighted by molar-refractivity contribution is -0.142. The number of ether oxygens (including phenoxy) is 2. The molecule has 0 radical (unpaired) electrons. The molecule has 2 atom stereocenters. The van der Waals surface area contributed by atoms with Gasteiger partial charge in [-0.15, -0.1) is 12.4 Å². The van der Waals surface area contributed by atoms with E-state index in [-0.39, 0.29) is 18.5 Å². The first-order valence-corrected chi connectivity index (χ1v) is 8.58. The van der Waals surface area contributed by atoms with Gasteiger partial charge in [-0.2, -0.15) is 0 Å². The number of carboxylic acids is 1. The fraction of sp³-hybridized carbons (Fsp3) is 0.412. The molecule has 1 aromatic carbocycles. The van der Waals surface area contributed by atoms with Gasteiger partial charge < -0.3 is 14.6 Å². The molecule has 1 aliphatic rings. The van der Waals surface area contributed by atoms with Gasteiger partial charge in [0.2, 0.25) is 5.88 Å². The number of fused-ring (bicyclic) bond motifs is 1. The van der Waals surface area contributed by atoms with Crippen LogP contribution >= 0.6 is 28.3 Å². The van der Waals surface area contributed by atoms with Crippen LogP contribution in [-0.4, -0.2) is 53.3 Å². The first-order valence-electron chi connectivity index (χ1n) is 7.79. The van der Waals surface area contributed by atoms with Gasteiger partial charge in [-0.05, 0) is 46.1 Å². The Morgan fingerprint density at radius 2 is 2.24 bits per heavy atom. The Hall–Kier alpha value is -1.57. The number of hydrogen-bond acceptors (Lipinski definition) is 5. The number of carbonyl (C=O) groups is 1. The Morgan fingerprint density at radius 3 is 2.84 bits per heavy atom. The van der Waals surface area contributed by atoms with E-state index in [4.69, 9.17) is 9.47 Å².